The summed E-state index contributed by atoms with van der Waals surface area (Å²) >= 11 is 0. The molecule has 1 aromatic heterocycles. The Hall–Kier alpha value is -1.10. The Morgan fingerprint density at radius 3 is 2.93 bits per heavy atom. The molecule has 0 amide bonds. The van der Waals surface area contributed by atoms with Crippen LogP contribution in [0.5, 0.6) is 0 Å². The van der Waals surface area contributed by atoms with Crippen LogP contribution in [0, 0.1) is 0 Å². The van der Waals surface area contributed by atoms with Crippen molar-refractivity contribution in [2.45, 2.75) is 32.4 Å². The van der Waals surface area contributed by atoms with Crippen molar-refractivity contribution in [2.24, 2.45) is 0 Å². The second-order valence-electron chi connectivity index (χ2n) is 3.60. The number of hydrogen-bond donors (Lipinski definition) is 1. The maximum absolute atomic E-state index is 5.49. The van der Waals surface area contributed by atoms with Crippen molar-refractivity contribution in [2.75, 3.05) is 18.5 Å². The van der Waals surface area contributed by atoms with Crippen LogP contribution in [0.15, 0.2) is 4.42 Å². The monoisotopic (exact) mass is 196 g/mol. The number of nitrogens with zero attached hydrogens (tertiary/aromatic N) is 3. The van der Waals surface area contributed by atoms with Gasteiger partial charge >= 0.3 is 6.01 Å². The molecule has 0 spiro atoms. The molecule has 2 rings (SSSR count). The molecule has 1 aliphatic rings. The summed E-state index contributed by atoms with van der Waals surface area (Å²) in [5.41, 5.74) is 0. The molecule has 0 aliphatic heterocycles. The molecule has 0 saturated heterocycles. The lowest BCUT2D eigenvalue weighted by atomic mass is 10.6. The molecule has 0 radical (unpaired) electrons. The van der Waals surface area contributed by atoms with Gasteiger partial charge in [0.05, 0.1) is 6.54 Å². The minimum atomic E-state index is 0.613. The molecule has 78 valence electrons. The van der Waals surface area contributed by atoms with Gasteiger partial charge in [-0.05, 0) is 19.4 Å². The molecule has 0 atom stereocenters. The summed E-state index contributed by atoms with van der Waals surface area (Å²) < 4.78 is 5.49. The van der Waals surface area contributed by atoms with E-state index in [2.05, 4.69) is 20.4 Å². The van der Waals surface area contributed by atoms with Crippen LogP contribution in [0.2, 0.25) is 0 Å². The molecule has 0 bridgehead atoms. The molecule has 5 heteroatoms. The Balaban J connectivity index is 1.94. The van der Waals surface area contributed by atoms with Crippen molar-refractivity contribution in [3.8, 4) is 0 Å². The largest absolute Gasteiger partial charge is 0.407 e. The van der Waals surface area contributed by atoms with Crippen molar-refractivity contribution < 1.29 is 4.42 Å². The van der Waals surface area contributed by atoms with Crippen LogP contribution >= 0.6 is 0 Å². The van der Waals surface area contributed by atoms with Crippen molar-refractivity contribution in [3.05, 3.63) is 5.89 Å². The van der Waals surface area contributed by atoms with Gasteiger partial charge in [-0.3, -0.25) is 0 Å². The molecular weight excluding hydrogens is 180 g/mol. The molecule has 1 saturated carbocycles. The maximum Gasteiger partial charge on any atom is 0.318 e. The van der Waals surface area contributed by atoms with Crippen LogP contribution in [-0.2, 0) is 6.54 Å². The van der Waals surface area contributed by atoms with E-state index in [9.17, 15) is 0 Å². The van der Waals surface area contributed by atoms with E-state index in [4.69, 9.17) is 4.42 Å². The lowest BCUT2D eigenvalue weighted by Crippen LogP contribution is -2.19. The first-order chi connectivity index (χ1) is 6.81. The summed E-state index contributed by atoms with van der Waals surface area (Å²) in [7, 11) is 2.00. The van der Waals surface area contributed by atoms with Gasteiger partial charge in [0.2, 0.25) is 5.89 Å². The average molecular weight is 196 g/mol. The van der Waals surface area contributed by atoms with Gasteiger partial charge in [-0.25, -0.2) is 0 Å². The number of hydrogen-bond acceptors (Lipinski definition) is 5. The van der Waals surface area contributed by atoms with E-state index in [1.54, 1.807) is 0 Å². The van der Waals surface area contributed by atoms with Crippen LogP contribution in [0.1, 0.15) is 25.7 Å². The SMILES string of the molecule is CCNCc1nnc(N(C)C2CC2)o1. The van der Waals surface area contributed by atoms with Gasteiger partial charge < -0.3 is 14.6 Å². The third-order valence-electron chi connectivity index (χ3n) is 2.38. The third kappa shape index (κ3) is 2.04. The zero-order chi connectivity index (χ0) is 9.97. The summed E-state index contributed by atoms with van der Waals surface area (Å²) in [5.74, 6) is 0.661. The minimum Gasteiger partial charge on any atom is -0.407 e. The maximum atomic E-state index is 5.49. The first kappa shape index (κ1) is 9.45. The van der Waals surface area contributed by atoms with Crippen molar-refractivity contribution >= 4 is 6.01 Å². The van der Waals surface area contributed by atoms with Crippen molar-refractivity contribution in [3.63, 3.8) is 0 Å². The first-order valence-corrected chi connectivity index (χ1v) is 5.07. The van der Waals surface area contributed by atoms with E-state index in [0.717, 1.165) is 6.54 Å². The van der Waals surface area contributed by atoms with Crippen molar-refractivity contribution in [1.82, 2.24) is 15.5 Å². The van der Waals surface area contributed by atoms with Crippen molar-refractivity contribution in [1.29, 1.82) is 0 Å². The summed E-state index contributed by atoms with van der Waals surface area (Å²) in [6.45, 7) is 3.62. The minimum absolute atomic E-state index is 0.613. The highest BCUT2D eigenvalue weighted by Gasteiger charge is 2.29. The average Bonchev–Trinajstić information content (AvgIpc) is 2.94. The quantitative estimate of drug-likeness (QED) is 0.754. The number of rotatable bonds is 5. The highest BCUT2D eigenvalue weighted by molar-refractivity contribution is 5.27. The molecule has 1 aromatic rings. The smallest absolute Gasteiger partial charge is 0.318 e. The molecule has 0 unspecified atom stereocenters. The summed E-state index contributed by atoms with van der Waals surface area (Å²) in [6, 6.07) is 1.25. The predicted octanol–water partition coefficient (Wildman–Crippen LogP) is 0.778. The van der Waals surface area contributed by atoms with Crippen LogP contribution in [-0.4, -0.2) is 29.8 Å². The first-order valence-electron chi connectivity index (χ1n) is 5.07. The summed E-state index contributed by atoms with van der Waals surface area (Å²) in [5, 5.41) is 11.1. The van der Waals surface area contributed by atoms with Crippen LogP contribution in [0.3, 0.4) is 0 Å². The predicted molar refractivity (Wildman–Crippen MR) is 53.1 cm³/mol. The summed E-state index contributed by atoms with van der Waals surface area (Å²) in [6.07, 6.45) is 2.48. The number of anilines is 1. The van der Waals surface area contributed by atoms with Crippen LogP contribution in [0.25, 0.3) is 0 Å². The van der Waals surface area contributed by atoms with Gasteiger partial charge in [-0.15, -0.1) is 5.10 Å². The van der Waals surface area contributed by atoms with Gasteiger partial charge in [0.1, 0.15) is 0 Å². The topological polar surface area (TPSA) is 54.2 Å². The second kappa shape index (κ2) is 3.96. The molecule has 1 heterocycles. The Morgan fingerprint density at radius 2 is 2.29 bits per heavy atom. The van der Waals surface area contributed by atoms with E-state index in [1.165, 1.54) is 12.8 Å². The molecule has 1 aliphatic carbocycles. The Bertz CT molecular complexity index is 295. The van der Waals surface area contributed by atoms with E-state index in [1.807, 2.05) is 14.0 Å². The van der Waals surface area contributed by atoms with Gasteiger partial charge in [0, 0.05) is 13.1 Å². The molecule has 1 fully saturated rings. The number of aromatic nitrogens is 2. The zero-order valence-electron chi connectivity index (χ0n) is 8.66. The van der Waals surface area contributed by atoms with E-state index in [-0.39, 0.29) is 0 Å². The zero-order valence-corrected chi connectivity index (χ0v) is 8.66. The van der Waals surface area contributed by atoms with Gasteiger partial charge in [-0.2, -0.15) is 0 Å². The molecule has 1 N–H and O–H groups in total. The lowest BCUT2D eigenvalue weighted by Gasteiger charge is -2.11. The molecular formula is C9H16N4O. The third-order valence-corrected chi connectivity index (χ3v) is 2.38. The van der Waals surface area contributed by atoms with E-state index in [0.29, 0.717) is 24.5 Å². The molecule has 14 heavy (non-hydrogen) atoms. The van der Waals surface area contributed by atoms with E-state index < -0.39 is 0 Å². The van der Waals surface area contributed by atoms with Gasteiger partial charge in [0.15, 0.2) is 0 Å². The Labute approximate surface area is 83.5 Å². The van der Waals surface area contributed by atoms with E-state index >= 15 is 0 Å². The fourth-order valence-corrected chi connectivity index (χ4v) is 1.31. The normalized spacial score (nSPS) is 15.9. The standard InChI is InChI=1S/C9H16N4O/c1-3-10-6-8-11-12-9(14-8)13(2)7-4-5-7/h7,10H,3-6H2,1-2H3. The lowest BCUT2D eigenvalue weighted by molar-refractivity contribution is 0.468. The fourth-order valence-electron chi connectivity index (χ4n) is 1.31. The molecule has 5 nitrogen and oxygen atoms in total. The fraction of sp³-hybridized carbons (Fsp3) is 0.778. The van der Waals surface area contributed by atoms with Crippen LogP contribution < -0.4 is 10.2 Å². The van der Waals surface area contributed by atoms with Crippen LogP contribution in [0.4, 0.5) is 6.01 Å². The highest BCUT2D eigenvalue weighted by atomic mass is 16.4. The van der Waals surface area contributed by atoms with Gasteiger partial charge in [-0.1, -0.05) is 12.0 Å². The Kier molecular flexibility index (Phi) is 2.67. The molecule has 0 aromatic carbocycles. The Morgan fingerprint density at radius 1 is 1.50 bits per heavy atom. The second-order valence-corrected chi connectivity index (χ2v) is 3.60. The number of nitrogens with one attached hydrogen (secondary N) is 1. The highest BCUT2D eigenvalue weighted by Crippen LogP contribution is 2.28. The summed E-state index contributed by atoms with van der Waals surface area (Å²) in [4.78, 5) is 2.06. The van der Waals surface area contributed by atoms with Gasteiger partial charge in [0.25, 0.3) is 0 Å².